The molecule has 0 fully saturated rings. The van der Waals surface area contributed by atoms with Crippen LogP contribution < -0.4 is 10.6 Å². The first-order valence-electron chi connectivity index (χ1n) is 5.64. The van der Waals surface area contributed by atoms with E-state index in [4.69, 9.17) is 5.11 Å². The van der Waals surface area contributed by atoms with Gasteiger partial charge in [0.2, 0.25) is 0 Å². The van der Waals surface area contributed by atoms with E-state index in [1.54, 1.807) is 24.4 Å². The number of aliphatic hydroxyl groups is 1. The average Bonchev–Trinajstić information content (AvgIpc) is 2.35. The van der Waals surface area contributed by atoms with Gasteiger partial charge in [-0.2, -0.15) is 13.2 Å². The van der Waals surface area contributed by atoms with E-state index in [-0.39, 0.29) is 18.3 Å². The summed E-state index contributed by atoms with van der Waals surface area (Å²) in [4.78, 5) is 10.8. The zero-order valence-corrected chi connectivity index (χ0v) is 10.3. The Morgan fingerprint density at radius 2 is 2.11 bits per heavy atom. The molecule has 106 valence electrons. The molecule has 0 saturated carbocycles. The molecule has 1 unspecified atom stereocenters. The first-order valence-corrected chi connectivity index (χ1v) is 5.64. The molecule has 1 aromatic carbocycles. The van der Waals surface area contributed by atoms with Crippen molar-refractivity contribution < 1.29 is 23.1 Å². The molecule has 0 radical (unpaired) electrons. The number of aliphatic hydroxyl groups excluding tert-OH is 1. The zero-order valence-electron chi connectivity index (χ0n) is 10.3. The van der Waals surface area contributed by atoms with Crippen molar-refractivity contribution in [3.8, 4) is 0 Å². The molecule has 4 nitrogen and oxygen atoms in total. The third-order valence-electron chi connectivity index (χ3n) is 2.37. The Bertz CT molecular complexity index is 435. The summed E-state index contributed by atoms with van der Waals surface area (Å²) in [5.74, 6) is -2.00. The van der Waals surface area contributed by atoms with Gasteiger partial charge in [0.05, 0.1) is 6.61 Å². The van der Waals surface area contributed by atoms with Crippen LogP contribution in [0.25, 0.3) is 0 Å². The van der Waals surface area contributed by atoms with Gasteiger partial charge >= 0.3 is 12.1 Å². The lowest BCUT2D eigenvalue weighted by atomic mass is 10.2. The van der Waals surface area contributed by atoms with Crippen LogP contribution in [0.4, 0.5) is 18.9 Å². The second-order valence-corrected chi connectivity index (χ2v) is 4.12. The highest BCUT2D eigenvalue weighted by molar-refractivity contribution is 5.94. The molecule has 3 N–H and O–H groups in total. The molecular formula is C12H15F3N2O2. The Labute approximate surface area is 108 Å². The van der Waals surface area contributed by atoms with E-state index in [1.807, 2.05) is 0 Å². The molecule has 0 spiro atoms. The fraction of sp³-hybridized carbons (Fsp3) is 0.417. The predicted octanol–water partition coefficient (Wildman–Crippen LogP) is 1.66. The highest BCUT2D eigenvalue weighted by Crippen LogP contribution is 2.18. The number of alkyl halides is 3. The number of carbonyl (C=O) groups excluding carboxylic acids is 1. The second-order valence-electron chi connectivity index (χ2n) is 4.12. The molecule has 0 aromatic heterocycles. The van der Waals surface area contributed by atoms with Gasteiger partial charge in [-0.15, -0.1) is 0 Å². The van der Waals surface area contributed by atoms with Crippen LogP contribution in [0.1, 0.15) is 12.5 Å². The Kier molecular flexibility index (Phi) is 5.31. The summed E-state index contributed by atoms with van der Waals surface area (Å²) in [5.41, 5.74) is 0.790. The van der Waals surface area contributed by atoms with Crippen molar-refractivity contribution in [3.63, 3.8) is 0 Å². The van der Waals surface area contributed by atoms with Gasteiger partial charge in [0.25, 0.3) is 0 Å². The SMILES string of the molecule is CC(CO)NCc1cccc(NC(=O)C(F)(F)F)c1. The van der Waals surface area contributed by atoms with Gasteiger partial charge in [0.15, 0.2) is 0 Å². The lowest BCUT2D eigenvalue weighted by Crippen LogP contribution is -2.30. The molecule has 0 aliphatic carbocycles. The molecular weight excluding hydrogens is 261 g/mol. The molecule has 7 heteroatoms. The maximum absolute atomic E-state index is 12.1. The van der Waals surface area contributed by atoms with E-state index in [1.165, 1.54) is 12.1 Å². The normalized spacial score (nSPS) is 13.1. The third-order valence-corrected chi connectivity index (χ3v) is 2.37. The standard InChI is InChI=1S/C12H15F3N2O2/c1-8(7-18)16-6-9-3-2-4-10(5-9)17-11(19)12(13,14)15/h2-5,8,16,18H,6-7H2,1H3,(H,17,19). The summed E-state index contributed by atoms with van der Waals surface area (Å²) in [5, 5.41) is 13.6. The number of hydrogen-bond donors (Lipinski definition) is 3. The summed E-state index contributed by atoms with van der Waals surface area (Å²) < 4.78 is 36.2. The van der Waals surface area contributed by atoms with Crippen molar-refractivity contribution in [2.75, 3.05) is 11.9 Å². The van der Waals surface area contributed by atoms with E-state index in [9.17, 15) is 18.0 Å². The largest absolute Gasteiger partial charge is 0.471 e. The molecule has 19 heavy (non-hydrogen) atoms. The van der Waals surface area contributed by atoms with Gasteiger partial charge in [0, 0.05) is 18.3 Å². The number of carbonyl (C=O) groups is 1. The van der Waals surface area contributed by atoms with Crippen LogP contribution in [0.3, 0.4) is 0 Å². The highest BCUT2D eigenvalue weighted by atomic mass is 19.4. The molecule has 0 heterocycles. The predicted molar refractivity (Wildman–Crippen MR) is 64.5 cm³/mol. The van der Waals surface area contributed by atoms with Crippen molar-refractivity contribution in [3.05, 3.63) is 29.8 Å². The van der Waals surface area contributed by atoms with E-state index in [0.717, 1.165) is 0 Å². The van der Waals surface area contributed by atoms with Crippen LogP contribution >= 0.6 is 0 Å². The quantitative estimate of drug-likeness (QED) is 0.766. The number of amides is 1. The number of hydrogen-bond acceptors (Lipinski definition) is 3. The minimum atomic E-state index is -4.90. The van der Waals surface area contributed by atoms with E-state index in [0.29, 0.717) is 12.1 Å². The number of halogens is 3. The van der Waals surface area contributed by atoms with Gasteiger partial charge in [-0.1, -0.05) is 12.1 Å². The summed E-state index contributed by atoms with van der Waals surface area (Å²) in [7, 11) is 0. The van der Waals surface area contributed by atoms with Crippen LogP contribution in [-0.2, 0) is 11.3 Å². The number of benzene rings is 1. The molecule has 1 amide bonds. The van der Waals surface area contributed by atoms with Gasteiger partial charge < -0.3 is 15.7 Å². The summed E-state index contributed by atoms with van der Waals surface area (Å²) in [6.07, 6.45) is -4.90. The van der Waals surface area contributed by atoms with Crippen molar-refractivity contribution in [2.24, 2.45) is 0 Å². The van der Waals surface area contributed by atoms with Gasteiger partial charge in [-0.3, -0.25) is 4.79 Å². The summed E-state index contributed by atoms with van der Waals surface area (Å²) in [6.45, 7) is 2.12. The van der Waals surface area contributed by atoms with Crippen LogP contribution in [0.2, 0.25) is 0 Å². The molecule has 0 bridgehead atoms. The lowest BCUT2D eigenvalue weighted by Gasteiger charge is -2.12. The Morgan fingerprint density at radius 3 is 2.68 bits per heavy atom. The van der Waals surface area contributed by atoms with Crippen molar-refractivity contribution >= 4 is 11.6 Å². The first-order chi connectivity index (χ1) is 8.82. The van der Waals surface area contributed by atoms with Gasteiger partial charge in [-0.25, -0.2) is 0 Å². The first kappa shape index (κ1) is 15.5. The highest BCUT2D eigenvalue weighted by Gasteiger charge is 2.38. The Morgan fingerprint density at radius 1 is 1.42 bits per heavy atom. The fourth-order valence-corrected chi connectivity index (χ4v) is 1.32. The Hall–Kier alpha value is -1.60. The minimum absolute atomic E-state index is 0.0372. The summed E-state index contributed by atoms with van der Waals surface area (Å²) >= 11 is 0. The number of rotatable bonds is 5. The average molecular weight is 276 g/mol. The lowest BCUT2D eigenvalue weighted by molar-refractivity contribution is -0.167. The van der Waals surface area contributed by atoms with Crippen LogP contribution in [0, 0.1) is 0 Å². The topological polar surface area (TPSA) is 61.4 Å². The van der Waals surface area contributed by atoms with E-state index < -0.39 is 12.1 Å². The van der Waals surface area contributed by atoms with Crippen LogP contribution in [-0.4, -0.2) is 29.8 Å². The Balaban J connectivity index is 2.64. The maximum atomic E-state index is 12.1. The molecule has 0 aliphatic rings. The van der Waals surface area contributed by atoms with Crippen molar-refractivity contribution in [1.82, 2.24) is 5.32 Å². The smallest absolute Gasteiger partial charge is 0.395 e. The van der Waals surface area contributed by atoms with E-state index >= 15 is 0 Å². The fourth-order valence-electron chi connectivity index (χ4n) is 1.32. The number of anilines is 1. The van der Waals surface area contributed by atoms with Gasteiger partial charge in [-0.05, 0) is 24.6 Å². The molecule has 1 rings (SSSR count). The molecule has 1 atom stereocenters. The summed E-state index contributed by atoms with van der Waals surface area (Å²) in [6, 6.07) is 5.96. The molecule has 1 aromatic rings. The zero-order chi connectivity index (χ0) is 14.5. The van der Waals surface area contributed by atoms with Crippen molar-refractivity contribution in [1.29, 1.82) is 0 Å². The minimum Gasteiger partial charge on any atom is -0.395 e. The molecule has 0 aliphatic heterocycles. The monoisotopic (exact) mass is 276 g/mol. The molecule has 0 saturated heterocycles. The van der Waals surface area contributed by atoms with E-state index in [2.05, 4.69) is 5.32 Å². The van der Waals surface area contributed by atoms with Crippen LogP contribution in [0.5, 0.6) is 0 Å². The second kappa shape index (κ2) is 6.53. The third kappa shape index (κ3) is 5.27. The number of nitrogens with one attached hydrogen (secondary N) is 2. The maximum Gasteiger partial charge on any atom is 0.471 e. The van der Waals surface area contributed by atoms with Crippen LogP contribution in [0.15, 0.2) is 24.3 Å². The van der Waals surface area contributed by atoms with Gasteiger partial charge in [0.1, 0.15) is 0 Å². The van der Waals surface area contributed by atoms with Crippen molar-refractivity contribution in [2.45, 2.75) is 25.7 Å².